The summed E-state index contributed by atoms with van der Waals surface area (Å²) in [6.07, 6.45) is 5.38. The van der Waals surface area contributed by atoms with Crippen LogP contribution >= 0.6 is 0 Å². The van der Waals surface area contributed by atoms with Crippen molar-refractivity contribution in [2.45, 2.75) is 44.0 Å². The molecule has 0 aliphatic carbocycles. The predicted molar refractivity (Wildman–Crippen MR) is 90.8 cm³/mol. The van der Waals surface area contributed by atoms with Gasteiger partial charge >= 0.3 is 0 Å². The van der Waals surface area contributed by atoms with Crippen LogP contribution < -0.4 is 0 Å². The Kier molecular flexibility index (Phi) is 5.26. The fourth-order valence-corrected chi connectivity index (χ4v) is 5.22. The Balaban J connectivity index is 1.83. The molecule has 3 rings (SSSR count). The van der Waals surface area contributed by atoms with Gasteiger partial charge in [0.2, 0.25) is 10.0 Å². The number of aromatic nitrogens is 3. The lowest BCUT2D eigenvalue weighted by Crippen LogP contribution is -2.40. The van der Waals surface area contributed by atoms with Crippen molar-refractivity contribution < 1.29 is 17.7 Å². The fourth-order valence-electron chi connectivity index (χ4n) is 3.40. The third-order valence-electron chi connectivity index (χ3n) is 4.60. The van der Waals surface area contributed by atoms with Crippen molar-refractivity contribution in [1.82, 2.24) is 19.0 Å². The summed E-state index contributed by atoms with van der Waals surface area (Å²) in [5.74, 6) is 1.31. The Morgan fingerprint density at radius 2 is 2.20 bits per heavy atom. The molecule has 8 nitrogen and oxygen atoms in total. The smallest absolute Gasteiger partial charge is 0.248 e. The van der Waals surface area contributed by atoms with E-state index in [4.69, 9.17) is 9.26 Å². The number of aryl methyl sites for hydroxylation is 2. The molecule has 1 fully saturated rings. The molecule has 2 aromatic rings. The van der Waals surface area contributed by atoms with Crippen molar-refractivity contribution in [3.05, 3.63) is 29.7 Å². The van der Waals surface area contributed by atoms with Gasteiger partial charge in [-0.05, 0) is 26.7 Å². The lowest BCUT2D eigenvalue weighted by Gasteiger charge is -2.31. The number of hydrogen-bond donors (Lipinski definition) is 0. The highest BCUT2D eigenvalue weighted by Crippen LogP contribution is 2.31. The minimum Gasteiger partial charge on any atom is -0.383 e. The minimum absolute atomic E-state index is 0.0656. The van der Waals surface area contributed by atoms with E-state index >= 15 is 0 Å². The average molecular weight is 368 g/mol. The Bertz CT molecular complexity index is 808. The third-order valence-corrected chi connectivity index (χ3v) is 6.71. The van der Waals surface area contributed by atoms with Gasteiger partial charge in [-0.15, -0.1) is 0 Å². The van der Waals surface area contributed by atoms with Crippen LogP contribution in [0, 0.1) is 13.8 Å². The van der Waals surface area contributed by atoms with E-state index in [2.05, 4.69) is 10.1 Å². The van der Waals surface area contributed by atoms with Crippen LogP contribution in [0.3, 0.4) is 0 Å². The summed E-state index contributed by atoms with van der Waals surface area (Å²) in [7, 11) is -1.96. The molecule has 1 unspecified atom stereocenters. The number of imidazole rings is 1. The summed E-state index contributed by atoms with van der Waals surface area (Å²) in [5.41, 5.74) is 0.404. The monoisotopic (exact) mass is 368 g/mol. The van der Waals surface area contributed by atoms with Crippen molar-refractivity contribution in [3.63, 3.8) is 0 Å². The first-order valence-electron chi connectivity index (χ1n) is 8.38. The van der Waals surface area contributed by atoms with Crippen molar-refractivity contribution in [1.29, 1.82) is 0 Å². The quantitative estimate of drug-likeness (QED) is 0.771. The number of sulfonamides is 1. The standard InChI is InChI=1S/C16H24N4O4S/c1-12-15(13(2)24-18-12)25(21,22)20-7-4-5-14(11-20)16-17-6-8-19(16)9-10-23-3/h6,8,14H,4-5,7,9-11H2,1-3H3. The SMILES string of the molecule is COCCn1ccnc1C1CCCN(S(=O)(=O)c2c(C)noc2C)C1. The van der Waals surface area contributed by atoms with Crippen LogP contribution in [0.15, 0.2) is 21.8 Å². The van der Waals surface area contributed by atoms with Gasteiger partial charge < -0.3 is 13.8 Å². The predicted octanol–water partition coefficient (Wildman–Crippen LogP) is 1.70. The Morgan fingerprint density at radius 1 is 1.40 bits per heavy atom. The van der Waals surface area contributed by atoms with Gasteiger partial charge in [-0.25, -0.2) is 13.4 Å². The van der Waals surface area contributed by atoms with Crippen molar-refractivity contribution in [2.75, 3.05) is 26.8 Å². The Morgan fingerprint density at radius 3 is 2.88 bits per heavy atom. The molecule has 0 amide bonds. The summed E-state index contributed by atoms with van der Waals surface area (Å²) in [4.78, 5) is 4.65. The molecule has 0 saturated carbocycles. The van der Waals surface area contributed by atoms with Gasteiger partial charge in [-0.1, -0.05) is 5.16 Å². The van der Waals surface area contributed by atoms with Crippen molar-refractivity contribution >= 4 is 10.0 Å². The second-order valence-electron chi connectivity index (χ2n) is 6.33. The molecule has 0 aromatic carbocycles. The molecule has 2 aromatic heterocycles. The molecule has 1 saturated heterocycles. The van der Waals surface area contributed by atoms with E-state index in [1.165, 1.54) is 4.31 Å². The summed E-state index contributed by atoms with van der Waals surface area (Å²) >= 11 is 0. The van der Waals surface area contributed by atoms with Gasteiger partial charge in [0.15, 0.2) is 5.76 Å². The largest absolute Gasteiger partial charge is 0.383 e. The molecule has 0 N–H and O–H groups in total. The van der Waals surface area contributed by atoms with Gasteiger partial charge in [0.1, 0.15) is 16.4 Å². The van der Waals surface area contributed by atoms with E-state index in [9.17, 15) is 8.42 Å². The van der Waals surface area contributed by atoms with E-state index in [0.29, 0.717) is 37.7 Å². The highest BCUT2D eigenvalue weighted by Gasteiger charge is 2.35. The van der Waals surface area contributed by atoms with Gasteiger partial charge in [-0.2, -0.15) is 4.31 Å². The van der Waals surface area contributed by atoms with Crippen molar-refractivity contribution in [3.8, 4) is 0 Å². The molecule has 1 aliphatic heterocycles. The average Bonchev–Trinajstić information content (AvgIpc) is 3.19. The second-order valence-corrected chi connectivity index (χ2v) is 8.20. The molecule has 0 bridgehead atoms. The van der Waals surface area contributed by atoms with Gasteiger partial charge in [0, 0.05) is 45.1 Å². The van der Waals surface area contributed by atoms with Gasteiger partial charge in [-0.3, -0.25) is 0 Å². The van der Waals surface area contributed by atoms with E-state index < -0.39 is 10.0 Å². The van der Waals surface area contributed by atoms with Crippen LogP contribution in [0.4, 0.5) is 0 Å². The topological polar surface area (TPSA) is 90.5 Å². The molecule has 1 atom stereocenters. The van der Waals surface area contributed by atoms with Gasteiger partial charge in [0.05, 0.1) is 6.61 Å². The lowest BCUT2D eigenvalue weighted by molar-refractivity contribution is 0.184. The third kappa shape index (κ3) is 3.49. The van der Waals surface area contributed by atoms with Crippen LogP contribution in [0.2, 0.25) is 0 Å². The molecule has 1 aliphatic rings. The first-order valence-corrected chi connectivity index (χ1v) is 9.82. The molecule has 0 spiro atoms. The molecule has 138 valence electrons. The number of hydrogen-bond acceptors (Lipinski definition) is 6. The van der Waals surface area contributed by atoms with E-state index in [1.807, 2.05) is 10.8 Å². The van der Waals surface area contributed by atoms with Crippen molar-refractivity contribution in [2.24, 2.45) is 0 Å². The highest BCUT2D eigenvalue weighted by atomic mass is 32.2. The molecular weight excluding hydrogens is 344 g/mol. The molecule has 25 heavy (non-hydrogen) atoms. The lowest BCUT2D eigenvalue weighted by atomic mass is 9.99. The Hall–Kier alpha value is -1.71. The maximum Gasteiger partial charge on any atom is 0.248 e. The van der Waals surface area contributed by atoms with Crippen LogP contribution in [0.5, 0.6) is 0 Å². The summed E-state index contributed by atoms with van der Waals surface area (Å²) in [5, 5.41) is 3.78. The van der Waals surface area contributed by atoms with Crippen LogP contribution in [-0.2, 0) is 21.3 Å². The Labute approximate surface area is 147 Å². The van der Waals surface area contributed by atoms with E-state index in [-0.39, 0.29) is 10.8 Å². The normalized spacial score (nSPS) is 19.4. The highest BCUT2D eigenvalue weighted by molar-refractivity contribution is 7.89. The number of ether oxygens (including phenoxy) is 1. The molecule has 3 heterocycles. The maximum absolute atomic E-state index is 13.0. The summed E-state index contributed by atoms with van der Waals surface area (Å²) < 4.78 is 39.8. The van der Waals surface area contributed by atoms with Crippen LogP contribution in [0.25, 0.3) is 0 Å². The maximum atomic E-state index is 13.0. The number of rotatable bonds is 6. The first-order chi connectivity index (χ1) is 11.9. The van der Waals surface area contributed by atoms with E-state index in [1.54, 1.807) is 27.2 Å². The molecule has 9 heteroatoms. The number of piperidine rings is 1. The number of methoxy groups -OCH3 is 1. The second kappa shape index (κ2) is 7.27. The first kappa shape index (κ1) is 18.1. The summed E-state index contributed by atoms with van der Waals surface area (Å²) in [6, 6.07) is 0. The van der Waals surface area contributed by atoms with Crippen LogP contribution in [0.1, 0.15) is 36.0 Å². The summed E-state index contributed by atoms with van der Waals surface area (Å²) in [6.45, 7) is 5.50. The number of nitrogens with zero attached hydrogens (tertiary/aromatic N) is 4. The van der Waals surface area contributed by atoms with E-state index in [0.717, 1.165) is 18.7 Å². The zero-order valence-electron chi connectivity index (χ0n) is 14.8. The zero-order chi connectivity index (χ0) is 18.0. The van der Waals surface area contributed by atoms with Crippen LogP contribution in [-0.4, -0.2) is 54.2 Å². The fraction of sp³-hybridized carbons (Fsp3) is 0.625. The molecule has 0 radical (unpaired) electrons. The van der Waals surface area contributed by atoms with Gasteiger partial charge in [0.25, 0.3) is 0 Å². The minimum atomic E-state index is -3.62. The zero-order valence-corrected chi connectivity index (χ0v) is 15.6. The molecular formula is C16H24N4O4S.